The topological polar surface area (TPSA) is 78.5 Å². The Bertz CT molecular complexity index is 693. The number of urea groups is 1. The average Bonchev–Trinajstić information content (AvgIpc) is 3.11. The van der Waals surface area contributed by atoms with Crippen molar-refractivity contribution in [3.05, 3.63) is 29.3 Å². The summed E-state index contributed by atoms with van der Waals surface area (Å²) in [6.07, 6.45) is 3.97. The van der Waals surface area contributed by atoms with Gasteiger partial charge in [-0.3, -0.25) is 14.5 Å². The number of nitrogens with one attached hydrogen (secondary N) is 2. The van der Waals surface area contributed by atoms with Crippen molar-refractivity contribution in [2.45, 2.75) is 51.5 Å². The average molecular weight is 329 g/mol. The summed E-state index contributed by atoms with van der Waals surface area (Å²) in [6.45, 7) is 3.70. The third-order valence-electron chi connectivity index (χ3n) is 5.01. The van der Waals surface area contributed by atoms with Crippen molar-refractivity contribution in [3.63, 3.8) is 0 Å². The molecule has 1 heterocycles. The molecule has 24 heavy (non-hydrogen) atoms. The van der Waals surface area contributed by atoms with Gasteiger partial charge in [0.05, 0.1) is 0 Å². The Morgan fingerprint density at radius 2 is 2.00 bits per heavy atom. The van der Waals surface area contributed by atoms with Crippen molar-refractivity contribution in [2.75, 3.05) is 11.9 Å². The van der Waals surface area contributed by atoms with Gasteiger partial charge in [0.1, 0.15) is 12.1 Å². The lowest BCUT2D eigenvalue weighted by Gasteiger charge is -2.20. The summed E-state index contributed by atoms with van der Waals surface area (Å²) >= 11 is 0. The smallest absolute Gasteiger partial charge is 0.324 e. The van der Waals surface area contributed by atoms with E-state index in [1.807, 2.05) is 32.0 Å². The lowest BCUT2D eigenvalue weighted by atomic mass is 9.98. The summed E-state index contributed by atoms with van der Waals surface area (Å²) in [5.41, 5.74) is 2.00. The molecule has 6 heteroatoms. The Kier molecular flexibility index (Phi) is 4.30. The fourth-order valence-electron chi connectivity index (χ4n) is 3.66. The molecule has 0 aromatic heterocycles. The van der Waals surface area contributed by atoms with Gasteiger partial charge in [0.2, 0.25) is 5.91 Å². The number of hydrogen-bond acceptors (Lipinski definition) is 3. The Labute approximate surface area is 141 Å². The molecule has 1 aromatic rings. The molecule has 1 aliphatic carbocycles. The summed E-state index contributed by atoms with van der Waals surface area (Å²) in [6, 6.07) is 5.38. The molecule has 0 radical (unpaired) electrons. The van der Waals surface area contributed by atoms with Gasteiger partial charge in [-0.15, -0.1) is 0 Å². The van der Waals surface area contributed by atoms with E-state index in [9.17, 15) is 14.4 Å². The number of imide groups is 1. The van der Waals surface area contributed by atoms with Crippen molar-refractivity contribution in [3.8, 4) is 0 Å². The van der Waals surface area contributed by atoms with E-state index in [2.05, 4.69) is 10.6 Å². The third-order valence-corrected chi connectivity index (χ3v) is 5.01. The van der Waals surface area contributed by atoms with Crippen LogP contribution in [0.1, 0.15) is 43.7 Å². The first-order valence-electron chi connectivity index (χ1n) is 8.49. The highest BCUT2D eigenvalue weighted by molar-refractivity contribution is 6.10. The SMILES string of the molecule is CCc1cccc(C)c1NC(=O)CN1C(=O)NC2(CCCC2)C1=O. The summed E-state index contributed by atoms with van der Waals surface area (Å²) in [5.74, 6) is -0.613. The molecule has 128 valence electrons. The summed E-state index contributed by atoms with van der Waals surface area (Å²) in [4.78, 5) is 38.2. The maximum atomic E-state index is 12.6. The number of benzene rings is 1. The van der Waals surface area contributed by atoms with E-state index in [0.29, 0.717) is 12.8 Å². The van der Waals surface area contributed by atoms with Crippen molar-refractivity contribution in [2.24, 2.45) is 0 Å². The van der Waals surface area contributed by atoms with Gasteiger partial charge >= 0.3 is 6.03 Å². The summed E-state index contributed by atoms with van der Waals surface area (Å²) in [5, 5.41) is 5.65. The number of carbonyl (C=O) groups excluding carboxylic acids is 3. The second-order valence-electron chi connectivity index (χ2n) is 6.62. The highest BCUT2D eigenvalue weighted by Crippen LogP contribution is 2.35. The number of hydrogen-bond donors (Lipinski definition) is 2. The van der Waals surface area contributed by atoms with Gasteiger partial charge in [-0.1, -0.05) is 38.0 Å². The maximum absolute atomic E-state index is 12.6. The quantitative estimate of drug-likeness (QED) is 0.832. The van der Waals surface area contributed by atoms with E-state index in [1.165, 1.54) is 0 Å². The third kappa shape index (κ3) is 2.77. The predicted octanol–water partition coefficient (Wildman–Crippen LogP) is 2.36. The van der Waals surface area contributed by atoms with E-state index >= 15 is 0 Å². The summed E-state index contributed by atoms with van der Waals surface area (Å²) < 4.78 is 0. The van der Waals surface area contributed by atoms with Crippen LogP contribution < -0.4 is 10.6 Å². The van der Waals surface area contributed by atoms with Crippen LogP contribution in [0.5, 0.6) is 0 Å². The molecule has 2 N–H and O–H groups in total. The number of carbonyl (C=O) groups is 3. The molecule has 1 spiro atoms. The first-order valence-corrected chi connectivity index (χ1v) is 8.49. The molecular formula is C18H23N3O3. The minimum absolute atomic E-state index is 0.246. The second kappa shape index (κ2) is 6.26. The minimum atomic E-state index is -0.769. The highest BCUT2D eigenvalue weighted by Gasteiger charge is 2.52. The maximum Gasteiger partial charge on any atom is 0.325 e. The number of aryl methyl sites for hydroxylation is 2. The van der Waals surface area contributed by atoms with Gasteiger partial charge in [-0.25, -0.2) is 4.79 Å². The van der Waals surface area contributed by atoms with Crippen LogP contribution in [-0.4, -0.2) is 34.8 Å². The number of para-hydroxylation sites is 1. The molecule has 2 fully saturated rings. The van der Waals surface area contributed by atoms with E-state index in [-0.39, 0.29) is 18.4 Å². The van der Waals surface area contributed by atoms with Crippen molar-refractivity contribution in [1.29, 1.82) is 0 Å². The first-order chi connectivity index (χ1) is 11.5. The minimum Gasteiger partial charge on any atom is -0.324 e. The molecule has 1 aromatic carbocycles. The lowest BCUT2D eigenvalue weighted by molar-refractivity contribution is -0.133. The van der Waals surface area contributed by atoms with Gasteiger partial charge in [0, 0.05) is 5.69 Å². The zero-order valence-electron chi connectivity index (χ0n) is 14.1. The molecule has 0 unspecified atom stereocenters. The Balaban J connectivity index is 1.72. The van der Waals surface area contributed by atoms with E-state index in [1.54, 1.807) is 0 Å². The highest BCUT2D eigenvalue weighted by atomic mass is 16.2. The molecule has 3 rings (SSSR count). The van der Waals surface area contributed by atoms with Gasteiger partial charge in [-0.05, 0) is 37.3 Å². The normalized spacial score (nSPS) is 19.0. The van der Waals surface area contributed by atoms with Crippen molar-refractivity contribution >= 4 is 23.5 Å². The molecule has 1 saturated carbocycles. The van der Waals surface area contributed by atoms with Crippen LogP contribution >= 0.6 is 0 Å². The second-order valence-corrected chi connectivity index (χ2v) is 6.62. The van der Waals surface area contributed by atoms with Gasteiger partial charge in [0.15, 0.2) is 0 Å². The van der Waals surface area contributed by atoms with Crippen LogP contribution in [-0.2, 0) is 16.0 Å². The van der Waals surface area contributed by atoms with Gasteiger partial charge in [-0.2, -0.15) is 0 Å². The van der Waals surface area contributed by atoms with Crippen molar-refractivity contribution < 1.29 is 14.4 Å². The largest absolute Gasteiger partial charge is 0.325 e. The van der Waals surface area contributed by atoms with Gasteiger partial charge < -0.3 is 10.6 Å². The molecular weight excluding hydrogens is 306 g/mol. The summed E-state index contributed by atoms with van der Waals surface area (Å²) in [7, 11) is 0. The molecule has 1 saturated heterocycles. The van der Waals surface area contributed by atoms with Gasteiger partial charge in [0.25, 0.3) is 5.91 Å². The lowest BCUT2D eigenvalue weighted by Crippen LogP contribution is -2.44. The molecule has 0 atom stereocenters. The number of rotatable bonds is 4. The van der Waals surface area contributed by atoms with Crippen molar-refractivity contribution in [1.82, 2.24) is 10.2 Å². The predicted molar refractivity (Wildman–Crippen MR) is 90.6 cm³/mol. The Morgan fingerprint density at radius 1 is 1.29 bits per heavy atom. The monoisotopic (exact) mass is 329 g/mol. The fourth-order valence-corrected chi connectivity index (χ4v) is 3.66. The number of nitrogens with zero attached hydrogens (tertiary/aromatic N) is 1. The molecule has 1 aliphatic heterocycles. The molecule has 2 aliphatic rings. The fraction of sp³-hybridized carbons (Fsp3) is 0.500. The van der Waals surface area contributed by atoms with E-state index < -0.39 is 11.6 Å². The Morgan fingerprint density at radius 3 is 2.67 bits per heavy atom. The molecule has 0 bridgehead atoms. The molecule has 6 nitrogen and oxygen atoms in total. The van der Waals surface area contributed by atoms with Crippen LogP contribution in [0.4, 0.5) is 10.5 Å². The van der Waals surface area contributed by atoms with Crippen LogP contribution in [0.15, 0.2) is 18.2 Å². The first kappa shape index (κ1) is 16.5. The van der Waals surface area contributed by atoms with Crippen LogP contribution in [0.2, 0.25) is 0 Å². The Hall–Kier alpha value is -2.37. The zero-order chi connectivity index (χ0) is 17.3. The number of amides is 4. The van der Waals surface area contributed by atoms with E-state index in [4.69, 9.17) is 0 Å². The standard InChI is InChI=1S/C18H23N3O3/c1-3-13-8-6-7-12(2)15(13)19-14(22)11-21-16(23)18(20-17(21)24)9-4-5-10-18/h6-8H,3-5,9-11H2,1-2H3,(H,19,22)(H,20,24). The van der Waals surface area contributed by atoms with E-state index in [0.717, 1.165) is 41.0 Å². The van der Waals surface area contributed by atoms with Crippen LogP contribution in [0.25, 0.3) is 0 Å². The zero-order valence-corrected chi connectivity index (χ0v) is 14.1. The van der Waals surface area contributed by atoms with Crippen LogP contribution in [0, 0.1) is 6.92 Å². The molecule has 4 amide bonds. The number of anilines is 1. The van der Waals surface area contributed by atoms with Crippen LogP contribution in [0.3, 0.4) is 0 Å².